The number of halogens is 1. The maximum Gasteiger partial charge on any atom is 0.257 e. The first-order chi connectivity index (χ1) is 9.20. The number of hydrogen-bond acceptors (Lipinski definition) is 3. The number of H-pyrrole nitrogens is 1. The van der Waals surface area contributed by atoms with Gasteiger partial charge in [-0.15, -0.1) is 0 Å². The predicted molar refractivity (Wildman–Crippen MR) is 76.8 cm³/mol. The first-order valence-corrected chi connectivity index (χ1v) is 6.42. The lowest BCUT2D eigenvalue weighted by molar-refractivity contribution is 0.102. The molecule has 1 amide bonds. The molecule has 3 N–H and O–H groups in total. The fourth-order valence-electron chi connectivity index (χ4n) is 1.64. The van der Waals surface area contributed by atoms with Gasteiger partial charge in [0, 0.05) is 23.5 Å². The minimum atomic E-state index is -0.220. The smallest absolute Gasteiger partial charge is 0.257 e. The zero-order valence-electron chi connectivity index (χ0n) is 10.5. The maximum atomic E-state index is 12.2. The number of amides is 1. The standard InChI is InChI=1S/C13H15ClN4O/c1-2-5-15-12-4-3-9(14)6-11(12)13(19)18-10-7-16-17-8-10/h3-4,6-8,15H,2,5H2,1H3,(H,16,17)(H,18,19). The van der Waals surface area contributed by atoms with E-state index >= 15 is 0 Å². The minimum Gasteiger partial charge on any atom is -0.384 e. The third-order valence-electron chi connectivity index (χ3n) is 2.55. The van der Waals surface area contributed by atoms with Gasteiger partial charge in [0.15, 0.2) is 0 Å². The molecule has 0 unspecified atom stereocenters. The van der Waals surface area contributed by atoms with Gasteiger partial charge in [-0.1, -0.05) is 18.5 Å². The highest BCUT2D eigenvalue weighted by atomic mass is 35.5. The number of rotatable bonds is 5. The van der Waals surface area contributed by atoms with Gasteiger partial charge in [-0.3, -0.25) is 9.89 Å². The Labute approximate surface area is 116 Å². The Balaban J connectivity index is 2.21. The van der Waals surface area contributed by atoms with Crippen molar-refractivity contribution in [2.75, 3.05) is 17.2 Å². The lowest BCUT2D eigenvalue weighted by Gasteiger charge is -2.11. The molecule has 0 aliphatic carbocycles. The number of nitrogens with zero attached hydrogens (tertiary/aromatic N) is 1. The Morgan fingerprint density at radius 2 is 2.32 bits per heavy atom. The molecular weight excluding hydrogens is 264 g/mol. The molecule has 0 radical (unpaired) electrons. The van der Waals surface area contributed by atoms with Gasteiger partial charge in [0.25, 0.3) is 5.91 Å². The van der Waals surface area contributed by atoms with Crippen molar-refractivity contribution in [3.8, 4) is 0 Å². The average molecular weight is 279 g/mol. The molecule has 1 heterocycles. The van der Waals surface area contributed by atoms with E-state index in [1.807, 2.05) is 6.07 Å². The van der Waals surface area contributed by atoms with Crippen LogP contribution in [0.2, 0.25) is 5.02 Å². The molecule has 0 aliphatic rings. The van der Waals surface area contributed by atoms with Crippen LogP contribution in [0.5, 0.6) is 0 Å². The molecule has 1 aromatic heterocycles. The third-order valence-corrected chi connectivity index (χ3v) is 2.78. The summed E-state index contributed by atoms with van der Waals surface area (Å²) >= 11 is 5.95. The first kappa shape index (κ1) is 13.4. The van der Waals surface area contributed by atoms with Crippen LogP contribution in [-0.2, 0) is 0 Å². The van der Waals surface area contributed by atoms with E-state index < -0.39 is 0 Å². The Kier molecular flexibility index (Phi) is 4.41. The summed E-state index contributed by atoms with van der Waals surface area (Å²) in [5, 5.41) is 12.9. The van der Waals surface area contributed by atoms with Gasteiger partial charge in [-0.25, -0.2) is 0 Å². The molecule has 0 saturated carbocycles. The number of carbonyl (C=O) groups excluding carboxylic acids is 1. The summed E-state index contributed by atoms with van der Waals surface area (Å²) in [6.07, 6.45) is 4.13. The molecule has 0 spiro atoms. The second kappa shape index (κ2) is 6.24. The largest absolute Gasteiger partial charge is 0.384 e. The molecule has 5 nitrogen and oxygen atoms in total. The van der Waals surface area contributed by atoms with Gasteiger partial charge >= 0.3 is 0 Å². The zero-order valence-corrected chi connectivity index (χ0v) is 11.3. The van der Waals surface area contributed by atoms with Crippen molar-refractivity contribution >= 4 is 28.9 Å². The van der Waals surface area contributed by atoms with Gasteiger partial charge in [0.1, 0.15) is 0 Å². The fraction of sp³-hybridized carbons (Fsp3) is 0.231. The number of carbonyl (C=O) groups is 1. The first-order valence-electron chi connectivity index (χ1n) is 6.04. The normalized spacial score (nSPS) is 10.2. The van der Waals surface area contributed by atoms with Crippen LogP contribution in [0, 0.1) is 0 Å². The van der Waals surface area contributed by atoms with E-state index in [-0.39, 0.29) is 5.91 Å². The topological polar surface area (TPSA) is 69.8 Å². The second-order valence-electron chi connectivity index (χ2n) is 4.06. The molecule has 6 heteroatoms. The van der Waals surface area contributed by atoms with Gasteiger partial charge in [-0.05, 0) is 24.6 Å². The molecule has 0 aliphatic heterocycles. The average Bonchev–Trinajstić information content (AvgIpc) is 2.90. The van der Waals surface area contributed by atoms with E-state index in [4.69, 9.17) is 11.6 Å². The maximum absolute atomic E-state index is 12.2. The van der Waals surface area contributed by atoms with Gasteiger partial charge in [0.2, 0.25) is 0 Å². The fourth-order valence-corrected chi connectivity index (χ4v) is 1.81. The molecule has 100 valence electrons. The number of hydrogen-bond donors (Lipinski definition) is 3. The van der Waals surface area contributed by atoms with Crippen molar-refractivity contribution in [1.29, 1.82) is 0 Å². The van der Waals surface area contributed by atoms with E-state index in [0.29, 0.717) is 16.3 Å². The molecule has 2 rings (SSSR count). The van der Waals surface area contributed by atoms with E-state index in [1.54, 1.807) is 24.5 Å². The summed E-state index contributed by atoms with van der Waals surface area (Å²) in [7, 11) is 0. The Bertz CT molecular complexity index is 554. The van der Waals surface area contributed by atoms with Crippen LogP contribution in [0.1, 0.15) is 23.7 Å². The quantitative estimate of drug-likeness (QED) is 0.787. The highest BCUT2D eigenvalue weighted by Crippen LogP contribution is 2.22. The van der Waals surface area contributed by atoms with Crippen LogP contribution in [0.4, 0.5) is 11.4 Å². The molecule has 1 aromatic carbocycles. The zero-order chi connectivity index (χ0) is 13.7. The summed E-state index contributed by atoms with van der Waals surface area (Å²) in [5.41, 5.74) is 1.90. The van der Waals surface area contributed by atoms with E-state index in [1.165, 1.54) is 0 Å². The number of nitrogens with one attached hydrogen (secondary N) is 3. The van der Waals surface area contributed by atoms with Crippen LogP contribution in [0.3, 0.4) is 0 Å². The van der Waals surface area contributed by atoms with E-state index in [0.717, 1.165) is 18.7 Å². The summed E-state index contributed by atoms with van der Waals surface area (Å²) < 4.78 is 0. The van der Waals surface area contributed by atoms with Gasteiger partial charge in [0.05, 0.1) is 17.4 Å². The Morgan fingerprint density at radius 1 is 1.47 bits per heavy atom. The van der Waals surface area contributed by atoms with Crippen LogP contribution in [0.15, 0.2) is 30.6 Å². The number of benzene rings is 1. The van der Waals surface area contributed by atoms with Crippen molar-refractivity contribution in [2.24, 2.45) is 0 Å². The predicted octanol–water partition coefficient (Wildman–Crippen LogP) is 3.14. The van der Waals surface area contributed by atoms with Crippen molar-refractivity contribution in [2.45, 2.75) is 13.3 Å². The van der Waals surface area contributed by atoms with Crippen LogP contribution in [-0.4, -0.2) is 22.6 Å². The molecule has 19 heavy (non-hydrogen) atoms. The number of aromatic nitrogens is 2. The summed E-state index contributed by atoms with van der Waals surface area (Å²) in [6.45, 7) is 2.86. The van der Waals surface area contributed by atoms with Crippen molar-refractivity contribution < 1.29 is 4.79 Å². The van der Waals surface area contributed by atoms with E-state index in [9.17, 15) is 4.79 Å². The minimum absolute atomic E-state index is 0.220. The SMILES string of the molecule is CCCNc1ccc(Cl)cc1C(=O)Nc1cn[nH]c1. The number of anilines is 2. The highest BCUT2D eigenvalue weighted by molar-refractivity contribution is 6.31. The number of aromatic amines is 1. The van der Waals surface area contributed by atoms with Crippen LogP contribution < -0.4 is 10.6 Å². The second-order valence-corrected chi connectivity index (χ2v) is 4.49. The van der Waals surface area contributed by atoms with Crippen molar-refractivity contribution in [3.63, 3.8) is 0 Å². The van der Waals surface area contributed by atoms with Crippen LogP contribution >= 0.6 is 11.6 Å². The third kappa shape index (κ3) is 3.48. The summed E-state index contributed by atoms with van der Waals surface area (Å²) in [5.74, 6) is -0.220. The highest BCUT2D eigenvalue weighted by Gasteiger charge is 2.12. The molecular formula is C13H15ClN4O. The molecule has 0 atom stereocenters. The van der Waals surface area contributed by atoms with Gasteiger partial charge < -0.3 is 10.6 Å². The van der Waals surface area contributed by atoms with Crippen LogP contribution in [0.25, 0.3) is 0 Å². The monoisotopic (exact) mass is 278 g/mol. The lowest BCUT2D eigenvalue weighted by atomic mass is 10.1. The van der Waals surface area contributed by atoms with Crippen molar-refractivity contribution in [3.05, 3.63) is 41.2 Å². The Morgan fingerprint density at radius 3 is 3.00 bits per heavy atom. The van der Waals surface area contributed by atoms with Crippen molar-refractivity contribution in [1.82, 2.24) is 10.2 Å². The molecule has 0 bridgehead atoms. The summed E-state index contributed by atoms with van der Waals surface area (Å²) in [6, 6.07) is 5.21. The van der Waals surface area contributed by atoms with E-state index in [2.05, 4.69) is 27.8 Å². The molecule has 0 fully saturated rings. The Hall–Kier alpha value is -2.01. The molecule has 0 saturated heterocycles. The summed E-state index contributed by atoms with van der Waals surface area (Å²) in [4.78, 5) is 12.2. The van der Waals surface area contributed by atoms with Gasteiger partial charge in [-0.2, -0.15) is 5.10 Å². The lowest BCUT2D eigenvalue weighted by Crippen LogP contribution is -2.14. The molecule has 2 aromatic rings.